The van der Waals surface area contributed by atoms with Gasteiger partial charge < -0.3 is 5.32 Å². The highest BCUT2D eigenvalue weighted by atomic mass is 79.9. The number of rotatable bonds is 5. The molecule has 1 aliphatic carbocycles. The van der Waals surface area contributed by atoms with Crippen molar-refractivity contribution in [1.82, 2.24) is 5.32 Å². The molecular weight excluding hydrogens is 262 g/mol. The monoisotopic (exact) mass is 281 g/mol. The van der Waals surface area contributed by atoms with Gasteiger partial charge in [0.15, 0.2) is 0 Å². The van der Waals surface area contributed by atoms with E-state index >= 15 is 0 Å². The zero-order chi connectivity index (χ0) is 11.5. The second-order valence-electron chi connectivity index (χ2n) is 4.79. The summed E-state index contributed by atoms with van der Waals surface area (Å²) in [5.41, 5.74) is 2.75. The maximum atomic E-state index is 3.70. The van der Waals surface area contributed by atoms with Crippen LogP contribution in [0.3, 0.4) is 0 Å². The number of hydrogen-bond acceptors (Lipinski definition) is 1. The molecule has 16 heavy (non-hydrogen) atoms. The normalized spacial score (nSPS) is 17.4. The smallest absolute Gasteiger partial charge is 0.0359 e. The first kappa shape index (κ1) is 12.1. The van der Waals surface area contributed by atoms with E-state index in [1.54, 1.807) is 0 Å². The lowest BCUT2D eigenvalue weighted by Gasteiger charge is -2.20. The summed E-state index contributed by atoms with van der Waals surface area (Å²) in [7, 11) is 0. The van der Waals surface area contributed by atoms with Gasteiger partial charge in [-0.25, -0.2) is 0 Å². The van der Waals surface area contributed by atoms with Crippen molar-refractivity contribution in [1.29, 1.82) is 0 Å². The van der Waals surface area contributed by atoms with Gasteiger partial charge in [-0.05, 0) is 55.8 Å². The molecule has 1 saturated carbocycles. The second-order valence-corrected chi connectivity index (χ2v) is 5.65. The van der Waals surface area contributed by atoms with Gasteiger partial charge in [0, 0.05) is 10.5 Å². The van der Waals surface area contributed by atoms with Gasteiger partial charge in [-0.2, -0.15) is 0 Å². The third kappa shape index (κ3) is 2.86. The van der Waals surface area contributed by atoms with E-state index in [-0.39, 0.29) is 0 Å². The van der Waals surface area contributed by atoms with Crippen LogP contribution in [0.2, 0.25) is 0 Å². The number of aryl methyl sites for hydroxylation is 1. The number of benzene rings is 1. The summed E-state index contributed by atoms with van der Waals surface area (Å²) in [6.45, 7) is 5.47. The van der Waals surface area contributed by atoms with Gasteiger partial charge in [0.2, 0.25) is 0 Å². The fraction of sp³-hybridized carbons (Fsp3) is 0.571. The Morgan fingerprint density at radius 1 is 1.44 bits per heavy atom. The van der Waals surface area contributed by atoms with E-state index in [0.717, 1.165) is 12.5 Å². The Morgan fingerprint density at radius 3 is 2.75 bits per heavy atom. The zero-order valence-electron chi connectivity index (χ0n) is 10.1. The van der Waals surface area contributed by atoms with Gasteiger partial charge in [-0.1, -0.05) is 35.0 Å². The summed E-state index contributed by atoms with van der Waals surface area (Å²) in [4.78, 5) is 0. The summed E-state index contributed by atoms with van der Waals surface area (Å²) >= 11 is 3.70. The number of hydrogen-bond donors (Lipinski definition) is 1. The molecule has 1 aromatic rings. The summed E-state index contributed by atoms with van der Waals surface area (Å²) in [5, 5.41) is 3.68. The minimum absolute atomic E-state index is 0.551. The predicted molar refractivity (Wildman–Crippen MR) is 72.6 cm³/mol. The Bertz CT molecular complexity index is 358. The molecular formula is C14H20BrN. The standard InChI is InChI=1S/C14H20BrN/c1-3-8-16-14(11-5-6-11)12-7-4-10(2)9-13(12)15/h4,7,9,11,14,16H,3,5-6,8H2,1-2H3. The van der Waals surface area contributed by atoms with E-state index < -0.39 is 0 Å². The fourth-order valence-electron chi connectivity index (χ4n) is 2.14. The predicted octanol–water partition coefficient (Wildman–Crippen LogP) is 4.21. The van der Waals surface area contributed by atoms with E-state index in [4.69, 9.17) is 0 Å². The molecule has 2 rings (SSSR count). The third-order valence-corrected chi connectivity index (χ3v) is 3.89. The first-order valence-corrected chi connectivity index (χ1v) is 7.01. The molecule has 1 nitrogen and oxygen atoms in total. The second kappa shape index (κ2) is 5.33. The third-order valence-electron chi connectivity index (χ3n) is 3.20. The van der Waals surface area contributed by atoms with Crippen LogP contribution in [0.5, 0.6) is 0 Å². The van der Waals surface area contributed by atoms with Crippen LogP contribution in [-0.4, -0.2) is 6.54 Å². The number of nitrogens with one attached hydrogen (secondary N) is 1. The van der Waals surface area contributed by atoms with Crippen LogP contribution in [0.25, 0.3) is 0 Å². The molecule has 2 heteroatoms. The van der Waals surface area contributed by atoms with E-state index in [2.05, 4.69) is 53.3 Å². The molecule has 1 N–H and O–H groups in total. The Labute approximate surface area is 107 Å². The molecule has 0 bridgehead atoms. The maximum Gasteiger partial charge on any atom is 0.0359 e. The van der Waals surface area contributed by atoms with Crippen LogP contribution in [0.15, 0.2) is 22.7 Å². The summed E-state index contributed by atoms with van der Waals surface area (Å²) < 4.78 is 1.26. The largest absolute Gasteiger partial charge is 0.310 e. The minimum atomic E-state index is 0.551. The molecule has 1 fully saturated rings. The quantitative estimate of drug-likeness (QED) is 0.853. The molecule has 0 radical (unpaired) electrons. The molecule has 1 unspecified atom stereocenters. The highest BCUT2D eigenvalue weighted by Crippen LogP contribution is 2.43. The first-order valence-electron chi connectivity index (χ1n) is 6.21. The van der Waals surface area contributed by atoms with E-state index in [1.807, 2.05) is 0 Å². The van der Waals surface area contributed by atoms with Crippen LogP contribution in [0, 0.1) is 12.8 Å². The molecule has 1 atom stereocenters. The van der Waals surface area contributed by atoms with Crippen molar-refractivity contribution in [3.05, 3.63) is 33.8 Å². The first-order chi connectivity index (χ1) is 7.72. The fourth-order valence-corrected chi connectivity index (χ4v) is 2.88. The molecule has 0 aromatic heterocycles. The molecule has 1 aliphatic rings. The lowest BCUT2D eigenvalue weighted by molar-refractivity contribution is 0.479. The topological polar surface area (TPSA) is 12.0 Å². The average molecular weight is 282 g/mol. The van der Waals surface area contributed by atoms with Crippen molar-refractivity contribution in [2.45, 2.75) is 39.2 Å². The lowest BCUT2D eigenvalue weighted by atomic mass is 10.0. The Balaban J connectivity index is 2.17. The van der Waals surface area contributed by atoms with Gasteiger partial charge >= 0.3 is 0 Å². The molecule has 0 spiro atoms. The van der Waals surface area contributed by atoms with Gasteiger partial charge in [0.1, 0.15) is 0 Å². The number of halogens is 1. The Kier molecular flexibility index (Phi) is 4.04. The average Bonchev–Trinajstić information content (AvgIpc) is 3.05. The highest BCUT2D eigenvalue weighted by molar-refractivity contribution is 9.10. The van der Waals surface area contributed by atoms with Crippen molar-refractivity contribution in [2.24, 2.45) is 5.92 Å². The van der Waals surface area contributed by atoms with Crippen LogP contribution >= 0.6 is 15.9 Å². The van der Waals surface area contributed by atoms with Crippen molar-refractivity contribution in [3.63, 3.8) is 0 Å². The van der Waals surface area contributed by atoms with Crippen LogP contribution in [-0.2, 0) is 0 Å². The summed E-state index contributed by atoms with van der Waals surface area (Å²) in [6.07, 6.45) is 3.95. The summed E-state index contributed by atoms with van der Waals surface area (Å²) in [5.74, 6) is 0.852. The highest BCUT2D eigenvalue weighted by Gasteiger charge is 2.32. The van der Waals surface area contributed by atoms with Gasteiger partial charge in [-0.15, -0.1) is 0 Å². The van der Waals surface area contributed by atoms with Gasteiger partial charge in [0.25, 0.3) is 0 Å². The van der Waals surface area contributed by atoms with Crippen molar-refractivity contribution < 1.29 is 0 Å². The molecule has 0 aliphatic heterocycles. The minimum Gasteiger partial charge on any atom is -0.310 e. The van der Waals surface area contributed by atoms with E-state index in [0.29, 0.717) is 6.04 Å². The molecule has 0 amide bonds. The zero-order valence-corrected chi connectivity index (χ0v) is 11.7. The lowest BCUT2D eigenvalue weighted by Crippen LogP contribution is -2.24. The SMILES string of the molecule is CCCNC(c1ccc(C)cc1Br)C1CC1. The Morgan fingerprint density at radius 2 is 2.19 bits per heavy atom. The summed E-state index contributed by atoms with van der Waals surface area (Å²) in [6, 6.07) is 7.25. The van der Waals surface area contributed by atoms with Crippen molar-refractivity contribution >= 4 is 15.9 Å². The molecule has 1 aromatic carbocycles. The Hall–Kier alpha value is -0.340. The van der Waals surface area contributed by atoms with Gasteiger partial charge in [0.05, 0.1) is 0 Å². The van der Waals surface area contributed by atoms with Crippen molar-refractivity contribution in [2.75, 3.05) is 6.54 Å². The maximum absolute atomic E-state index is 3.70. The van der Waals surface area contributed by atoms with Crippen LogP contribution in [0.1, 0.15) is 43.4 Å². The molecule has 88 valence electrons. The van der Waals surface area contributed by atoms with Crippen LogP contribution in [0.4, 0.5) is 0 Å². The molecule has 0 saturated heterocycles. The van der Waals surface area contributed by atoms with Crippen molar-refractivity contribution in [3.8, 4) is 0 Å². The van der Waals surface area contributed by atoms with E-state index in [9.17, 15) is 0 Å². The molecule has 0 heterocycles. The van der Waals surface area contributed by atoms with E-state index in [1.165, 1.54) is 34.9 Å². The van der Waals surface area contributed by atoms with Gasteiger partial charge in [-0.3, -0.25) is 0 Å². The van der Waals surface area contributed by atoms with Crippen LogP contribution < -0.4 is 5.32 Å².